The van der Waals surface area contributed by atoms with Gasteiger partial charge in [0.2, 0.25) is 0 Å². The highest BCUT2D eigenvalue weighted by Gasteiger charge is 2.39. The lowest BCUT2D eigenvalue weighted by atomic mass is 10.0. The van der Waals surface area contributed by atoms with Gasteiger partial charge in [0, 0.05) is 6.21 Å². The fraction of sp³-hybridized carbons (Fsp3) is 0.108. The SMILES string of the molecule is N=C[C@@H](F)C(OC(=O)c1ccc(-c2ccccc2)cc1)[C@@H](COC(=O)c1ccc(-c2ccccc2)cc1)OS(=O)(=O)c1cc(Cl)c(Cl)cc1Cl. The van der Waals surface area contributed by atoms with Crippen molar-refractivity contribution in [3.05, 3.63) is 148 Å². The topological polar surface area (TPSA) is 120 Å². The molecule has 0 aromatic heterocycles. The van der Waals surface area contributed by atoms with Crippen LogP contribution in [0.2, 0.25) is 15.1 Å². The normalized spacial score (nSPS) is 13.1. The highest BCUT2D eigenvalue weighted by atomic mass is 35.5. The van der Waals surface area contributed by atoms with E-state index in [1.807, 2.05) is 60.7 Å². The first kappa shape index (κ1) is 36.7. The van der Waals surface area contributed by atoms with Gasteiger partial charge in [-0.15, -0.1) is 0 Å². The molecule has 0 aliphatic carbocycles. The molecule has 0 bridgehead atoms. The molecule has 0 aliphatic rings. The maximum absolute atomic E-state index is 15.4. The third kappa shape index (κ3) is 8.95. The minimum atomic E-state index is -4.90. The van der Waals surface area contributed by atoms with Crippen molar-refractivity contribution in [1.82, 2.24) is 0 Å². The predicted octanol–water partition coefficient (Wildman–Crippen LogP) is 9.12. The van der Waals surface area contributed by atoms with Crippen LogP contribution >= 0.6 is 34.8 Å². The molecular weight excluding hydrogens is 728 g/mol. The lowest BCUT2D eigenvalue weighted by molar-refractivity contribution is -0.0475. The molecule has 0 radical (unpaired) electrons. The summed E-state index contributed by atoms with van der Waals surface area (Å²) in [5.41, 5.74) is 3.49. The van der Waals surface area contributed by atoms with Gasteiger partial charge in [0.1, 0.15) is 11.5 Å². The number of ether oxygens (including phenoxy) is 2. The number of benzene rings is 5. The number of alkyl halides is 1. The van der Waals surface area contributed by atoms with Crippen LogP contribution in [-0.2, 0) is 23.8 Å². The molecule has 0 spiro atoms. The van der Waals surface area contributed by atoms with Crippen molar-refractivity contribution < 1.29 is 36.1 Å². The average Bonchev–Trinajstić information content (AvgIpc) is 3.14. The number of nitrogens with one attached hydrogen (secondary N) is 1. The average molecular weight is 755 g/mol. The van der Waals surface area contributed by atoms with E-state index in [1.54, 1.807) is 24.3 Å². The van der Waals surface area contributed by atoms with Crippen LogP contribution < -0.4 is 0 Å². The molecule has 8 nitrogen and oxygen atoms in total. The van der Waals surface area contributed by atoms with Crippen LogP contribution in [0.4, 0.5) is 4.39 Å². The van der Waals surface area contributed by atoms with Crippen molar-refractivity contribution in [1.29, 1.82) is 5.41 Å². The summed E-state index contributed by atoms with van der Waals surface area (Å²) in [5.74, 6) is -1.96. The Kier molecular flexibility index (Phi) is 12.0. The summed E-state index contributed by atoms with van der Waals surface area (Å²) in [6, 6.07) is 33.3. The Bertz CT molecular complexity index is 2080. The molecule has 5 aromatic carbocycles. The first-order chi connectivity index (χ1) is 24.0. The van der Waals surface area contributed by atoms with E-state index in [0.717, 1.165) is 34.4 Å². The fourth-order valence-electron chi connectivity index (χ4n) is 4.82. The largest absolute Gasteiger partial charge is 0.459 e. The first-order valence-corrected chi connectivity index (χ1v) is 17.4. The van der Waals surface area contributed by atoms with Gasteiger partial charge in [-0.05, 0) is 58.7 Å². The second-order valence-electron chi connectivity index (χ2n) is 10.8. The van der Waals surface area contributed by atoms with E-state index in [-0.39, 0.29) is 26.2 Å². The summed E-state index contributed by atoms with van der Waals surface area (Å²) in [4.78, 5) is 25.7. The van der Waals surface area contributed by atoms with Crippen molar-refractivity contribution in [2.75, 3.05) is 6.61 Å². The fourth-order valence-corrected chi connectivity index (χ4v) is 6.87. The predicted molar refractivity (Wildman–Crippen MR) is 190 cm³/mol. The Hall–Kier alpha value is -4.58. The molecule has 5 aromatic rings. The highest BCUT2D eigenvalue weighted by Crippen LogP contribution is 2.34. The molecule has 13 heteroatoms. The van der Waals surface area contributed by atoms with E-state index in [0.29, 0.717) is 6.21 Å². The summed E-state index contributed by atoms with van der Waals surface area (Å²) in [7, 11) is -4.90. The Morgan fingerprint density at radius 3 is 1.64 bits per heavy atom. The minimum Gasteiger partial charge on any atom is -0.459 e. The maximum atomic E-state index is 15.4. The van der Waals surface area contributed by atoms with Crippen molar-refractivity contribution in [2.24, 2.45) is 0 Å². The lowest BCUT2D eigenvalue weighted by Gasteiger charge is -2.27. The zero-order chi connectivity index (χ0) is 35.8. The van der Waals surface area contributed by atoms with Crippen LogP contribution in [-0.4, -0.2) is 51.6 Å². The summed E-state index contributed by atoms with van der Waals surface area (Å²) >= 11 is 18.1. The van der Waals surface area contributed by atoms with Gasteiger partial charge in [-0.25, -0.2) is 14.0 Å². The zero-order valence-electron chi connectivity index (χ0n) is 25.8. The summed E-state index contributed by atoms with van der Waals surface area (Å²) in [5, 5.41) is 6.98. The third-order valence-electron chi connectivity index (χ3n) is 7.41. The molecule has 0 amide bonds. The van der Waals surface area contributed by atoms with Gasteiger partial charge < -0.3 is 14.9 Å². The summed E-state index contributed by atoms with van der Waals surface area (Å²) < 4.78 is 58.6. The van der Waals surface area contributed by atoms with Gasteiger partial charge in [-0.2, -0.15) is 8.42 Å². The molecule has 5 rings (SSSR count). The van der Waals surface area contributed by atoms with Gasteiger partial charge in [-0.3, -0.25) is 4.18 Å². The first-order valence-electron chi connectivity index (χ1n) is 14.9. The Morgan fingerprint density at radius 2 is 1.14 bits per heavy atom. The minimum absolute atomic E-state index is 0.00324. The van der Waals surface area contributed by atoms with Crippen LogP contribution in [0, 0.1) is 5.41 Å². The Balaban J connectivity index is 1.42. The van der Waals surface area contributed by atoms with E-state index in [1.165, 1.54) is 24.3 Å². The van der Waals surface area contributed by atoms with E-state index in [2.05, 4.69) is 0 Å². The van der Waals surface area contributed by atoms with Gasteiger partial charge in [0.15, 0.2) is 18.4 Å². The van der Waals surface area contributed by atoms with Gasteiger partial charge in [0.25, 0.3) is 10.1 Å². The second kappa shape index (κ2) is 16.4. The molecule has 3 atom stereocenters. The molecule has 0 saturated carbocycles. The Labute approximate surface area is 302 Å². The number of halogens is 4. The number of carbonyl (C=O) groups is 2. The molecule has 1 unspecified atom stereocenters. The maximum Gasteiger partial charge on any atom is 0.338 e. The summed E-state index contributed by atoms with van der Waals surface area (Å²) in [6.07, 6.45) is -6.17. The molecule has 1 N–H and O–H groups in total. The van der Waals surface area contributed by atoms with E-state index >= 15 is 4.39 Å². The van der Waals surface area contributed by atoms with E-state index in [9.17, 15) is 18.0 Å². The number of esters is 2. The van der Waals surface area contributed by atoms with E-state index < -0.39 is 51.9 Å². The van der Waals surface area contributed by atoms with E-state index in [4.69, 9.17) is 53.9 Å². The third-order valence-corrected chi connectivity index (χ3v) is 9.94. The molecule has 256 valence electrons. The van der Waals surface area contributed by atoms with Crippen LogP contribution in [0.25, 0.3) is 22.3 Å². The second-order valence-corrected chi connectivity index (χ2v) is 13.5. The number of carbonyl (C=O) groups excluding carboxylic acids is 2. The van der Waals surface area contributed by atoms with Gasteiger partial charge in [-0.1, -0.05) is 120 Å². The van der Waals surface area contributed by atoms with Crippen molar-refractivity contribution >= 4 is 63.1 Å². The van der Waals surface area contributed by atoms with Crippen LogP contribution in [0.15, 0.2) is 126 Å². The van der Waals surface area contributed by atoms with Crippen molar-refractivity contribution in [3.63, 3.8) is 0 Å². The summed E-state index contributed by atoms with van der Waals surface area (Å²) in [6.45, 7) is -0.920. The Morgan fingerprint density at radius 1 is 0.680 bits per heavy atom. The smallest absolute Gasteiger partial charge is 0.338 e. The molecule has 50 heavy (non-hydrogen) atoms. The van der Waals surface area contributed by atoms with Gasteiger partial charge >= 0.3 is 11.9 Å². The molecule has 0 aliphatic heterocycles. The van der Waals surface area contributed by atoms with Crippen LogP contribution in [0.3, 0.4) is 0 Å². The molecule has 0 saturated heterocycles. The van der Waals surface area contributed by atoms with Crippen molar-refractivity contribution in [2.45, 2.75) is 23.3 Å². The number of rotatable bonds is 13. The highest BCUT2D eigenvalue weighted by molar-refractivity contribution is 7.87. The van der Waals surface area contributed by atoms with Crippen molar-refractivity contribution in [3.8, 4) is 22.3 Å². The standard InChI is InChI=1S/C37H27Cl3FNO7S/c38-29-19-31(40)34(20-30(29)39)50(45,46)49-33(22-47-36(43)27-15-11-25(12-16-27)23-7-3-1-4-8-23)35(32(41)21-42)48-37(44)28-17-13-26(14-18-28)24-9-5-2-6-10-24/h1-21,32-33,35,42H,22H2/t32-,33-,35?/m1/s1. The molecule has 0 fully saturated rings. The van der Waals surface area contributed by atoms with Crippen LogP contribution in [0.5, 0.6) is 0 Å². The monoisotopic (exact) mass is 753 g/mol. The quantitative estimate of drug-likeness (QED) is 0.0551. The molecular formula is C37H27Cl3FNO7S. The molecule has 0 heterocycles. The van der Waals surface area contributed by atoms with Gasteiger partial charge in [0.05, 0.1) is 26.2 Å². The number of hydrogen-bond acceptors (Lipinski definition) is 8. The number of hydrogen-bond donors (Lipinski definition) is 1. The zero-order valence-corrected chi connectivity index (χ0v) is 28.9. The van der Waals surface area contributed by atoms with Crippen LogP contribution in [0.1, 0.15) is 20.7 Å². The lowest BCUT2D eigenvalue weighted by Crippen LogP contribution is -2.45.